The fourth-order valence-corrected chi connectivity index (χ4v) is 0.959. The molecule has 0 aliphatic carbocycles. The summed E-state index contributed by atoms with van der Waals surface area (Å²) in [5.41, 5.74) is 0. The predicted molar refractivity (Wildman–Crippen MR) is 40.0 cm³/mol. The Morgan fingerprint density at radius 2 is 2.42 bits per heavy atom. The van der Waals surface area contributed by atoms with Gasteiger partial charge in [-0.25, -0.2) is 9.69 Å². The second kappa shape index (κ2) is 3.24. The van der Waals surface area contributed by atoms with Gasteiger partial charge in [0.05, 0.1) is 13.2 Å². The van der Waals surface area contributed by atoms with Crippen LogP contribution >= 0.6 is 0 Å². The van der Waals surface area contributed by atoms with Gasteiger partial charge < -0.3 is 10.4 Å². The quantitative estimate of drug-likeness (QED) is 0.391. The summed E-state index contributed by atoms with van der Waals surface area (Å²) in [6.07, 6.45) is 5.00. The lowest BCUT2D eigenvalue weighted by molar-refractivity contribution is -0.126. The van der Waals surface area contributed by atoms with Crippen molar-refractivity contribution in [2.75, 3.05) is 13.2 Å². The molecule has 1 unspecified atom stereocenters. The van der Waals surface area contributed by atoms with Crippen LogP contribution in [0.4, 0.5) is 4.79 Å². The second-order valence-electron chi connectivity index (χ2n) is 2.29. The molecule has 1 saturated heterocycles. The SMILES string of the molecule is C#CC(CO)N1C(=O)CNC1=O. The molecule has 0 saturated carbocycles. The summed E-state index contributed by atoms with van der Waals surface area (Å²) in [6, 6.07) is -1.39. The molecule has 0 aromatic rings. The van der Waals surface area contributed by atoms with Gasteiger partial charge in [0.15, 0.2) is 0 Å². The average Bonchev–Trinajstić information content (AvgIpc) is 2.38. The molecule has 0 aromatic heterocycles. The Balaban J connectivity index is 2.79. The smallest absolute Gasteiger partial charge is 0.325 e. The van der Waals surface area contributed by atoms with E-state index in [2.05, 4.69) is 11.2 Å². The maximum absolute atomic E-state index is 11.0. The summed E-state index contributed by atoms with van der Waals surface area (Å²) in [4.78, 5) is 22.8. The van der Waals surface area contributed by atoms with E-state index in [-0.39, 0.29) is 6.54 Å². The molecule has 0 radical (unpaired) electrons. The average molecular weight is 168 g/mol. The lowest BCUT2D eigenvalue weighted by Crippen LogP contribution is -2.41. The number of amides is 3. The highest BCUT2D eigenvalue weighted by Crippen LogP contribution is 2.04. The molecule has 1 atom stereocenters. The van der Waals surface area contributed by atoms with Crippen LogP contribution in [0.25, 0.3) is 0 Å². The van der Waals surface area contributed by atoms with Crippen molar-refractivity contribution in [2.24, 2.45) is 0 Å². The van der Waals surface area contributed by atoms with Gasteiger partial charge in [0.1, 0.15) is 6.04 Å². The van der Waals surface area contributed by atoms with Crippen LogP contribution in [0.2, 0.25) is 0 Å². The number of carbonyl (C=O) groups is 2. The minimum atomic E-state index is -0.847. The van der Waals surface area contributed by atoms with Crippen LogP contribution in [0.5, 0.6) is 0 Å². The molecule has 64 valence electrons. The number of carbonyl (C=O) groups excluding carboxylic acids is 2. The first-order valence-corrected chi connectivity index (χ1v) is 3.37. The topological polar surface area (TPSA) is 69.6 Å². The summed E-state index contributed by atoms with van der Waals surface area (Å²) in [7, 11) is 0. The Labute approximate surface area is 69.3 Å². The van der Waals surface area contributed by atoms with Gasteiger partial charge in [0, 0.05) is 0 Å². The molecule has 5 nitrogen and oxygen atoms in total. The number of urea groups is 1. The van der Waals surface area contributed by atoms with Crippen LogP contribution in [0.3, 0.4) is 0 Å². The van der Waals surface area contributed by atoms with Gasteiger partial charge in [-0.05, 0) is 0 Å². The van der Waals surface area contributed by atoms with Gasteiger partial charge in [-0.3, -0.25) is 4.79 Å². The van der Waals surface area contributed by atoms with Crippen molar-refractivity contribution in [3.63, 3.8) is 0 Å². The van der Waals surface area contributed by atoms with Crippen molar-refractivity contribution in [3.05, 3.63) is 0 Å². The number of aliphatic hydroxyl groups is 1. The van der Waals surface area contributed by atoms with Crippen molar-refractivity contribution in [2.45, 2.75) is 6.04 Å². The van der Waals surface area contributed by atoms with Crippen LogP contribution in [-0.2, 0) is 4.79 Å². The Kier molecular flexibility index (Phi) is 2.31. The van der Waals surface area contributed by atoms with Gasteiger partial charge in [-0.1, -0.05) is 5.92 Å². The third kappa shape index (κ3) is 1.24. The van der Waals surface area contributed by atoms with Crippen LogP contribution in [-0.4, -0.2) is 41.1 Å². The largest absolute Gasteiger partial charge is 0.393 e. The van der Waals surface area contributed by atoms with Gasteiger partial charge in [-0.15, -0.1) is 6.42 Å². The minimum Gasteiger partial charge on any atom is -0.393 e. The first-order valence-electron chi connectivity index (χ1n) is 3.37. The lowest BCUT2D eigenvalue weighted by Gasteiger charge is -2.17. The van der Waals surface area contributed by atoms with Crippen LogP contribution in [0.15, 0.2) is 0 Å². The second-order valence-corrected chi connectivity index (χ2v) is 2.29. The number of nitrogens with one attached hydrogen (secondary N) is 1. The Bertz CT molecular complexity index is 240. The third-order valence-electron chi connectivity index (χ3n) is 1.56. The Morgan fingerprint density at radius 1 is 1.75 bits per heavy atom. The predicted octanol–water partition coefficient (Wildman–Crippen LogP) is -1.47. The highest BCUT2D eigenvalue weighted by Gasteiger charge is 2.33. The number of terminal acetylenes is 1. The van der Waals surface area contributed by atoms with Gasteiger partial charge in [0.25, 0.3) is 5.91 Å². The molecule has 1 heterocycles. The van der Waals surface area contributed by atoms with E-state index < -0.39 is 24.6 Å². The Hall–Kier alpha value is -1.54. The van der Waals surface area contributed by atoms with Crippen molar-refractivity contribution < 1.29 is 14.7 Å². The van der Waals surface area contributed by atoms with Gasteiger partial charge in [-0.2, -0.15) is 0 Å². The number of imide groups is 1. The van der Waals surface area contributed by atoms with Crippen molar-refractivity contribution in [1.82, 2.24) is 10.2 Å². The van der Waals surface area contributed by atoms with E-state index in [4.69, 9.17) is 11.5 Å². The molecule has 2 N–H and O–H groups in total. The van der Waals surface area contributed by atoms with Crippen LogP contribution in [0, 0.1) is 12.3 Å². The molecule has 1 fully saturated rings. The van der Waals surface area contributed by atoms with Crippen molar-refractivity contribution in [3.8, 4) is 12.3 Å². The first-order chi connectivity index (χ1) is 5.70. The fourth-order valence-electron chi connectivity index (χ4n) is 0.959. The number of rotatable bonds is 2. The van der Waals surface area contributed by atoms with E-state index in [1.54, 1.807) is 0 Å². The molecule has 1 aliphatic heterocycles. The van der Waals surface area contributed by atoms with Gasteiger partial charge in [0.2, 0.25) is 0 Å². The molecular weight excluding hydrogens is 160 g/mol. The molecule has 5 heteroatoms. The van der Waals surface area contributed by atoms with E-state index in [1.807, 2.05) is 0 Å². The summed E-state index contributed by atoms with van der Waals surface area (Å²) in [5.74, 6) is 1.74. The van der Waals surface area contributed by atoms with Crippen LogP contribution in [0.1, 0.15) is 0 Å². The molecule has 0 bridgehead atoms. The van der Waals surface area contributed by atoms with E-state index >= 15 is 0 Å². The number of nitrogens with zero attached hydrogens (tertiary/aromatic N) is 1. The number of hydrogen-bond donors (Lipinski definition) is 2. The zero-order valence-corrected chi connectivity index (χ0v) is 6.28. The highest BCUT2D eigenvalue weighted by molar-refractivity contribution is 6.02. The fraction of sp³-hybridized carbons (Fsp3) is 0.429. The standard InChI is InChI=1S/C7H8N2O3/c1-2-5(4-10)9-6(11)3-8-7(9)12/h1,5,10H,3-4H2,(H,8,12). The van der Waals surface area contributed by atoms with E-state index in [9.17, 15) is 9.59 Å². The Morgan fingerprint density at radius 3 is 2.75 bits per heavy atom. The molecule has 1 aliphatic rings. The zero-order valence-electron chi connectivity index (χ0n) is 6.28. The van der Waals surface area contributed by atoms with E-state index in [0.717, 1.165) is 4.90 Å². The van der Waals surface area contributed by atoms with Crippen molar-refractivity contribution in [1.29, 1.82) is 0 Å². The first kappa shape index (κ1) is 8.56. The maximum atomic E-state index is 11.0. The third-order valence-corrected chi connectivity index (χ3v) is 1.56. The van der Waals surface area contributed by atoms with E-state index in [1.165, 1.54) is 0 Å². The van der Waals surface area contributed by atoms with Crippen molar-refractivity contribution >= 4 is 11.9 Å². The molecule has 3 amide bonds. The number of aliphatic hydroxyl groups excluding tert-OH is 1. The van der Waals surface area contributed by atoms with Gasteiger partial charge >= 0.3 is 6.03 Å². The van der Waals surface area contributed by atoms with E-state index in [0.29, 0.717) is 0 Å². The summed E-state index contributed by atoms with van der Waals surface area (Å²) < 4.78 is 0. The highest BCUT2D eigenvalue weighted by atomic mass is 16.3. The van der Waals surface area contributed by atoms with Crippen LogP contribution < -0.4 is 5.32 Å². The minimum absolute atomic E-state index is 0.0446. The molecular formula is C7H8N2O3. The molecule has 12 heavy (non-hydrogen) atoms. The summed E-state index contributed by atoms with van der Waals surface area (Å²) in [5, 5.41) is 11.0. The summed E-state index contributed by atoms with van der Waals surface area (Å²) in [6.45, 7) is -0.452. The zero-order chi connectivity index (χ0) is 9.14. The number of hydrogen-bond acceptors (Lipinski definition) is 3. The molecule has 0 spiro atoms. The monoisotopic (exact) mass is 168 g/mol. The maximum Gasteiger partial charge on any atom is 0.325 e. The molecule has 0 aromatic carbocycles. The lowest BCUT2D eigenvalue weighted by atomic mass is 10.3. The molecule has 1 rings (SSSR count). The normalized spacial score (nSPS) is 18.8. The summed E-state index contributed by atoms with van der Waals surface area (Å²) >= 11 is 0.